The van der Waals surface area contributed by atoms with E-state index in [1.807, 2.05) is 0 Å². The first-order valence-electron chi connectivity index (χ1n) is 5.09. The van der Waals surface area contributed by atoms with Crippen LogP contribution in [0.2, 0.25) is 0 Å². The minimum Gasteiger partial charge on any atom is -0.448 e. The zero-order valence-corrected chi connectivity index (χ0v) is 8.13. The van der Waals surface area contributed by atoms with Crippen LogP contribution >= 0.6 is 0 Å². The van der Waals surface area contributed by atoms with Gasteiger partial charge in [-0.05, 0) is 25.8 Å². The predicted octanol–water partition coefficient (Wildman–Crippen LogP) is 1.61. The zero-order valence-electron chi connectivity index (χ0n) is 8.13. The van der Waals surface area contributed by atoms with Gasteiger partial charge in [0.1, 0.15) is 0 Å². The lowest BCUT2D eigenvalue weighted by atomic mass is 9.90. The van der Waals surface area contributed by atoms with E-state index < -0.39 is 13.4 Å². The molecule has 0 aromatic carbocycles. The zero-order chi connectivity index (χ0) is 10.6. The van der Waals surface area contributed by atoms with Crippen molar-refractivity contribution in [3.8, 4) is 0 Å². The Labute approximate surface area is 82.1 Å². The molecule has 0 bridgehead atoms. The van der Waals surface area contributed by atoms with Crippen molar-refractivity contribution in [3.05, 3.63) is 0 Å². The Morgan fingerprint density at radius 1 is 1.21 bits per heavy atom. The maximum absolute atomic E-state index is 12.2. The van der Waals surface area contributed by atoms with Crippen molar-refractivity contribution >= 4 is 6.98 Å². The van der Waals surface area contributed by atoms with Crippen molar-refractivity contribution in [3.63, 3.8) is 0 Å². The number of likely N-dealkylation sites (tertiary alicyclic amines) is 1. The van der Waals surface area contributed by atoms with Crippen LogP contribution in [0.25, 0.3) is 0 Å². The maximum atomic E-state index is 12.2. The Hall–Kier alpha value is -0.225. The van der Waals surface area contributed by atoms with Gasteiger partial charge in [-0.2, -0.15) is 0 Å². The second-order valence-corrected chi connectivity index (χ2v) is 3.89. The Morgan fingerprint density at radius 2 is 1.93 bits per heavy atom. The van der Waals surface area contributed by atoms with E-state index in [0.717, 1.165) is 19.3 Å². The molecule has 2 nitrogen and oxygen atoms in total. The van der Waals surface area contributed by atoms with E-state index in [0.29, 0.717) is 13.0 Å². The molecule has 1 aliphatic heterocycles. The van der Waals surface area contributed by atoms with E-state index in [9.17, 15) is 12.9 Å². The molecule has 84 valence electrons. The third-order valence-corrected chi connectivity index (χ3v) is 2.65. The van der Waals surface area contributed by atoms with Gasteiger partial charge in [0.25, 0.3) is 0 Å². The first-order valence-corrected chi connectivity index (χ1v) is 5.09. The Bertz CT molecular complexity index is 176. The molecule has 1 rings (SSSR count). The van der Waals surface area contributed by atoms with Crippen molar-refractivity contribution in [2.45, 2.75) is 31.7 Å². The number of hydrogen-bond acceptors (Lipinski definition) is 2. The first kappa shape index (κ1) is 11.8. The molecule has 1 fully saturated rings. The van der Waals surface area contributed by atoms with Gasteiger partial charge in [0.15, 0.2) is 0 Å². The van der Waals surface area contributed by atoms with E-state index in [-0.39, 0.29) is 12.6 Å². The number of aliphatic hydroxyl groups excluding tert-OH is 1. The summed E-state index contributed by atoms with van der Waals surface area (Å²) in [6.07, 6.45) is 2.56. The molecule has 0 spiro atoms. The lowest BCUT2D eigenvalue weighted by Crippen LogP contribution is -2.45. The summed E-state index contributed by atoms with van der Waals surface area (Å²) in [7, 11) is 0. The average Bonchev–Trinajstić information content (AvgIpc) is 2.27. The SMILES string of the molecule is OCC1CCCCCN1C[B-](F)(F)F. The Kier molecular flexibility index (Phi) is 4.25. The molecular formula is C8H16BF3NO-. The van der Waals surface area contributed by atoms with Crippen LogP contribution in [0.5, 0.6) is 0 Å². The van der Waals surface area contributed by atoms with E-state index in [1.54, 1.807) is 0 Å². The monoisotopic (exact) mass is 210 g/mol. The third kappa shape index (κ3) is 3.88. The fourth-order valence-electron chi connectivity index (χ4n) is 1.95. The summed E-state index contributed by atoms with van der Waals surface area (Å²) in [5.74, 6) is 0. The topological polar surface area (TPSA) is 23.5 Å². The normalized spacial score (nSPS) is 26.1. The summed E-state index contributed by atoms with van der Waals surface area (Å²) in [4.78, 5) is 1.38. The molecule has 0 amide bonds. The van der Waals surface area contributed by atoms with Gasteiger partial charge < -0.3 is 23.0 Å². The molecule has 1 atom stereocenters. The van der Waals surface area contributed by atoms with E-state index in [1.165, 1.54) is 4.90 Å². The van der Waals surface area contributed by atoms with Crippen LogP contribution in [0.4, 0.5) is 12.9 Å². The van der Waals surface area contributed by atoms with Gasteiger partial charge >= 0.3 is 6.98 Å². The standard InChI is InChI=1S/C8H16BF3NO/c10-9(11,12)7-13-5-3-1-2-4-8(13)6-14/h8,14H,1-7H2/q-1. The molecule has 6 heteroatoms. The van der Waals surface area contributed by atoms with Crippen LogP contribution in [0.15, 0.2) is 0 Å². The van der Waals surface area contributed by atoms with Crippen molar-refractivity contribution in [2.24, 2.45) is 0 Å². The minimum atomic E-state index is -4.76. The summed E-state index contributed by atoms with van der Waals surface area (Å²) in [6, 6.07) is -0.291. The molecule has 0 aromatic rings. The van der Waals surface area contributed by atoms with Crippen LogP contribution < -0.4 is 0 Å². The van der Waals surface area contributed by atoms with Crippen LogP contribution in [-0.4, -0.2) is 42.6 Å². The van der Waals surface area contributed by atoms with Gasteiger partial charge in [-0.25, -0.2) is 0 Å². The molecule has 0 aromatic heterocycles. The molecule has 1 unspecified atom stereocenters. The molecular weight excluding hydrogens is 194 g/mol. The maximum Gasteiger partial charge on any atom is 0.492 e. The number of rotatable bonds is 3. The quantitative estimate of drug-likeness (QED) is 0.715. The van der Waals surface area contributed by atoms with Crippen LogP contribution in [0.3, 0.4) is 0 Å². The van der Waals surface area contributed by atoms with Gasteiger partial charge in [0.2, 0.25) is 0 Å². The summed E-state index contributed by atoms with van der Waals surface area (Å²) in [5.41, 5.74) is 0. The smallest absolute Gasteiger partial charge is 0.448 e. The van der Waals surface area contributed by atoms with Gasteiger partial charge in [-0.1, -0.05) is 12.8 Å². The lowest BCUT2D eigenvalue weighted by Gasteiger charge is -2.32. The molecule has 1 saturated heterocycles. The summed E-state index contributed by atoms with van der Waals surface area (Å²) >= 11 is 0. The van der Waals surface area contributed by atoms with Crippen LogP contribution in [0.1, 0.15) is 25.7 Å². The minimum absolute atomic E-state index is 0.161. The van der Waals surface area contributed by atoms with Crippen LogP contribution in [0, 0.1) is 0 Å². The predicted molar refractivity (Wildman–Crippen MR) is 50.0 cm³/mol. The van der Waals surface area contributed by atoms with Crippen molar-refractivity contribution in [1.82, 2.24) is 4.90 Å². The Balaban J connectivity index is 2.52. The highest BCUT2D eigenvalue weighted by Crippen LogP contribution is 2.20. The second kappa shape index (κ2) is 5.02. The second-order valence-electron chi connectivity index (χ2n) is 3.89. The fraction of sp³-hybridized carbons (Fsp3) is 1.00. The van der Waals surface area contributed by atoms with Crippen molar-refractivity contribution in [1.29, 1.82) is 0 Å². The van der Waals surface area contributed by atoms with Gasteiger partial charge in [-0.3, -0.25) is 0 Å². The Morgan fingerprint density at radius 3 is 2.50 bits per heavy atom. The van der Waals surface area contributed by atoms with Gasteiger partial charge in [0.05, 0.1) is 6.61 Å². The first-order chi connectivity index (χ1) is 6.53. The van der Waals surface area contributed by atoms with Crippen molar-refractivity contribution < 1.29 is 18.1 Å². The van der Waals surface area contributed by atoms with Gasteiger partial charge in [-0.15, -0.1) is 0 Å². The third-order valence-electron chi connectivity index (χ3n) is 2.65. The van der Waals surface area contributed by atoms with E-state index >= 15 is 0 Å². The molecule has 14 heavy (non-hydrogen) atoms. The summed E-state index contributed by atoms with van der Waals surface area (Å²) in [6.45, 7) is -4.46. The van der Waals surface area contributed by atoms with Crippen LogP contribution in [-0.2, 0) is 0 Å². The van der Waals surface area contributed by atoms with Gasteiger partial charge in [0, 0.05) is 6.04 Å². The number of aliphatic hydroxyl groups is 1. The molecule has 1 aliphatic rings. The number of halogens is 3. The number of hydrogen-bond donors (Lipinski definition) is 1. The van der Waals surface area contributed by atoms with Crippen molar-refractivity contribution in [2.75, 3.05) is 19.6 Å². The molecule has 0 aliphatic carbocycles. The average molecular weight is 210 g/mol. The largest absolute Gasteiger partial charge is 0.492 e. The summed E-state index contributed by atoms with van der Waals surface area (Å²) in [5, 5.41) is 8.98. The molecule has 1 heterocycles. The lowest BCUT2D eigenvalue weighted by molar-refractivity contribution is 0.131. The molecule has 0 radical (unpaired) electrons. The summed E-state index contributed by atoms with van der Waals surface area (Å²) < 4.78 is 36.7. The molecule has 0 saturated carbocycles. The number of nitrogens with zero attached hydrogens (tertiary/aromatic N) is 1. The highest BCUT2D eigenvalue weighted by molar-refractivity contribution is 6.58. The molecule has 1 N–H and O–H groups in total. The van der Waals surface area contributed by atoms with E-state index in [4.69, 9.17) is 5.11 Å². The highest BCUT2D eigenvalue weighted by Gasteiger charge is 2.30. The highest BCUT2D eigenvalue weighted by atomic mass is 19.4. The van der Waals surface area contributed by atoms with E-state index in [2.05, 4.69) is 0 Å². The fourth-order valence-corrected chi connectivity index (χ4v) is 1.95.